The zero-order chi connectivity index (χ0) is 19.9. The Morgan fingerprint density at radius 3 is 2.89 bits per heavy atom. The number of aryl methyl sites for hydroxylation is 1. The molecule has 0 spiro atoms. The van der Waals surface area contributed by atoms with Gasteiger partial charge in [0, 0.05) is 6.08 Å². The Morgan fingerprint density at radius 1 is 1.32 bits per heavy atom. The van der Waals surface area contributed by atoms with Gasteiger partial charge < -0.3 is 14.6 Å². The third kappa shape index (κ3) is 3.16. The molecule has 0 bridgehead atoms. The van der Waals surface area contributed by atoms with E-state index in [1.54, 1.807) is 7.11 Å². The molecule has 1 aromatic carbocycles. The Hall–Kier alpha value is -1.81. The number of allylic oxidation sites excluding steroid dienone is 1. The summed E-state index contributed by atoms with van der Waals surface area (Å²) in [5, 5.41) is 11.2. The lowest BCUT2D eigenvalue weighted by Crippen LogP contribution is -2.44. The lowest BCUT2D eigenvalue weighted by atomic mass is 9.55. The van der Waals surface area contributed by atoms with Crippen molar-refractivity contribution >= 4 is 5.97 Å². The Bertz CT molecular complexity index is 770. The van der Waals surface area contributed by atoms with Crippen LogP contribution in [0.4, 0.5) is 0 Å². The maximum absolute atomic E-state index is 11.4. The smallest absolute Gasteiger partial charge is 0.330 e. The average Bonchev–Trinajstić information content (AvgIpc) is 2.98. The summed E-state index contributed by atoms with van der Waals surface area (Å²) >= 11 is 0. The minimum absolute atomic E-state index is 0.00505. The lowest BCUT2D eigenvalue weighted by Gasteiger charge is -2.50. The number of hydrogen-bond acceptors (Lipinski definition) is 4. The summed E-state index contributed by atoms with van der Waals surface area (Å²) in [4.78, 5) is 11.4. The molecular weight excluding hydrogens is 352 g/mol. The van der Waals surface area contributed by atoms with E-state index in [4.69, 9.17) is 4.74 Å². The first-order valence-corrected chi connectivity index (χ1v) is 10.6. The second-order valence-corrected chi connectivity index (χ2v) is 9.13. The van der Waals surface area contributed by atoms with Crippen molar-refractivity contribution in [1.82, 2.24) is 0 Å². The minimum Gasteiger partial charge on any atom is -0.497 e. The number of methoxy groups -OCH3 is 2. The molecule has 1 N–H and O–H groups in total. The molecule has 0 aliphatic heterocycles. The molecule has 3 aliphatic carbocycles. The number of aliphatic hydroxyl groups is 1. The molecule has 0 saturated heterocycles. The molecule has 0 amide bonds. The number of carbonyl (C=O) groups excluding carboxylic acids is 1. The van der Waals surface area contributed by atoms with E-state index in [0.29, 0.717) is 17.8 Å². The zero-order valence-corrected chi connectivity index (χ0v) is 17.2. The van der Waals surface area contributed by atoms with Gasteiger partial charge in [0.1, 0.15) is 5.75 Å². The van der Waals surface area contributed by atoms with E-state index in [1.165, 1.54) is 30.7 Å². The summed E-state index contributed by atoms with van der Waals surface area (Å²) in [6.07, 6.45) is 9.39. The predicted molar refractivity (Wildman–Crippen MR) is 108 cm³/mol. The Balaban J connectivity index is 1.54. The van der Waals surface area contributed by atoms with Gasteiger partial charge in [0.05, 0.1) is 20.3 Å². The highest BCUT2D eigenvalue weighted by Crippen LogP contribution is 2.62. The molecule has 28 heavy (non-hydrogen) atoms. The molecule has 0 aromatic heterocycles. The highest BCUT2D eigenvalue weighted by molar-refractivity contribution is 5.81. The fourth-order valence-electron chi connectivity index (χ4n) is 6.47. The number of aliphatic hydroxyl groups excluding tert-OH is 1. The van der Waals surface area contributed by atoms with Crippen LogP contribution < -0.4 is 4.74 Å². The second kappa shape index (κ2) is 7.55. The van der Waals surface area contributed by atoms with Gasteiger partial charge in [-0.05, 0) is 90.9 Å². The Labute approximate surface area is 167 Å². The quantitative estimate of drug-likeness (QED) is 0.623. The van der Waals surface area contributed by atoms with Gasteiger partial charge in [-0.2, -0.15) is 0 Å². The maximum atomic E-state index is 11.4. The van der Waals surface area contributed by atoms with Crippen LogP contribution in [0.3, 0.4) is 0 Å². The van der Waals surface area contributed by atoms with Crippen molar-refractivity contribution in [3.8, 4) is 5.75 Å². The molecular formula is C24H32O4. The molecule has 4 rings (SSSR count). The molecule has 6 atom stereocenters. The molecule has 3 aliphatic rings. The van der Waals surface area contributed by atoms with Crippen LogP contribution in [-0.2, 0) is 16.0 Å². The fourth-order valence-corrected chi connectivity index (χ4v) is 6.47. The van der Waals surface area contributed by atoms with Crippen LogP contribution in [0.5, 0.6) is 5.75 Å². The normalized spacial score (nSPS) is 36.5. The van der Waals surface area contributed by atoms with Gasteiger partial charge >= 0.3 is 5.97 Å². The van der Waals surface area contributed by atoms with E-state index in [2.05, 4.69) is 29.9 Å². The van der Waals surface area contributed by atoms with Crippen LogP contribution in [0, 0.1) is 23.2 Å². The summed E-state index contributed by atoms with van der Waals surface area (Å²) in [5.41, 5.74) is 2.94. The van der Waals surface area contributed by atoms with Crippen LogP contribution >= 0.6 is 0 Å². The van der Waals surface area contributed by atoms with Crippen molar-refractivity contribution in [3.05, 3.63) is 41.5 Å². The highest BCUT2D eigenvalue weighted by atomic mass is 16.5. The number of carbonyl (C=O) groups is 1. The fraction of sp³-hybridized carbons (Fsp3) is 0.625. The van der Waals surface area contributed by atoms with Gasteiger partial charge in [0.15, 0.2) is 0 Å². The number of ether oxygens (including phenoxy) is 2. The first-order chi connectivity index (χ1) is 13.5. The first kappa shape index (κ1) is 19.5. The number of esters is 1. The zero-order valence-electron chi connectivity index (χ0n) is 17.2. The third-order valence-corrected chi connectivity index (χ3v) is 7.94. The average molecular weight is 385 g/mol. The maximum Gasteiger partial charge on any atom is 0.330 e. The number of fused-ring (bicyclic) bond motifs is 5. The molecule has 2 saturated carbocycles. The SMILES string of the molecule is COC(=O)/C=C/C[C@@H]1C[C@H]2[C@@H]3CCc4cc(OC)ccc4[C@H]3CC[C@]2(C)[C@H]1O. The Kier molecular flexibility index (Phi) is 5.26. The van der Waals surface area contributed by atoms with Crippen LogP contribution in [0.2, 0.25) is 0 Å². The van der Waals surface area contributed by atoms with Gasteiger partial charge in [0.25, 0.3) is 0 Å². The van der Waals surface area contributed by atoms with Gasteiger partial charge in [0.2, 0.25) is 0 Å². The minimum atomic E-state index is -0.324. The Morgan fingerprint density at radius 2 is 2.14 bits per heavy atom. The summed E-state index contributed by atoms with van der Waals surface area (Å²) < 4.78 is 10.1. The van der Waals surface area contributed by atoms with E-state index in [-0.39, 0.29) is 23.4 Å². The number of benzene rings is 1. The van der Waals surface area contributed by atoms with Crippen LogP contribution in [-0.4, -0.2) is 31.4 Å². The summed E-state index contributed by atoms with van der Waals surface area (Å²) in [6.45, 7) is 2.30. The standard InChI is InChI=1S/C24H32O4/c1-24-12-11-19-18-10-8-17(27-2)13-15(18)7-9-20(19)21(24)14-16(23(24)26)5-4-6-22(25)28-3/h4,6,8,10,13,16,19-21,23,26H,5,7,9,11-12,14H2,1-3H3/b6-4+/t16-,19-,20-,21+,23+,24+/m1/s1. The van der Waals surface area contributed by atoms with Gasteiger partial charge in [-0.1, -0.05) is 19.1 Å². The molecule has 0 unspecified atom stereocenters. The lowest BCUT2D eigenvalue weighted by molar-refractivity contribution is -0.134. The molecule has 2 fully saturated rings. The predicted octanol–water partition coefficient (Wildman–Crippen LogP) is 4.26. The van der Waals surface area contributed by atoms with Gasteiger partial charge in [-0.25, -0.2) is 4.79 Å². The van der Waals surface area contributed by atoms with Crippen LogP contribution in [0.15, 0.2) is 30.4 Å². The monoisotopic (exact) mass is 384 g/mol. The van der Waals surface area contributed by atoms with Crippen molar-refractivity contribution in [3.63, 3.8) is 0 Å². The topological polar surface area (TPSA) is 55.8 Å². The van der Waals surface area contributed by atoms with E-state index in [0.717, 1.165) is 37.9 Å². The number of rotatable bonds is 4. The van der Waals surface area contributed by atoms with Crippen molar-refractivity contribution < 1.29 is 19.4 Å². The number of hydrogen-bond donors (Lipinski definition) is 1. The van der Waals surface area contributed by atoms with Crippen molar-refractivity contribution in [1.29, 1.82) is 0 Å². The van der Waals surface area contributed by atoms with Crippen LogP contribution in [0.1, 0.15) is 56.1 Å². The van der Waals surface area contributed by atoms with Gasteiger partial charge in [-0.15, -0.1) is 0 Å². The summed E-state index contributed by atoms with van der Waals surface area (Å²) in [5.74, 6) is 2.65. The van der Waals surface area contributed by atoms with Crippen molar-refractivity contribution in [2.75, 3.05) is 14.2 Å². The molecule has 4 heteroatoms. The molecule has 152 valence electrons. The second-order valence-electron chi connectivity index (χ2n) is 9.13. The van der Waals surface area contributed by atoms with Gasteiger partial charge in [-0.3, -0.25) is 0 Å². The molecule has 0 heterocycles. The molecule has 4 nitrogen and oxygen atoms in total. The van der Waals surface area contributed by atoms with E-state index in [9.17, 15) is 9.90 Å². The summed E-state index contributed by atoms with van der Waals surface area (Å²) in [7, 11) is 3.12. The molecule has 1 aromatic rings. The van der Waals surface area contributed by atoms with E-state index >= 15 is 0 Å². The highest BCUT2D eigenvalue weighted by Gasteiger charge is 2.57. The third-order valence-electron chi connectivity index (χ3n) is 7.94. The van der Waals surface area contributed by atoms with E-state index < -0.39 is 0 Å². The van der Waals surface area contributed by atoms with E-state index in [1.807, 2.05) is 6.08 Å². The van der Waals surface area contributed by atoms with Crippen molar-refractivity contribution in [2.45, 2.75) is 57.5 Å². The summed E-state index contributed by atoms with van der Waals surface area (Å²) in [6, 6.07) is 6.58. The first-order valence-electron chi connectivity index (χ1n) is 10.6. The van der Waals surface area contributed by atoms with Crippen molar-refractivity contribution in [2.24, 2.45) is 23.2 Å². The largest absolute Gasteiger partial charge is 0.497 e. The van der Waals surface area contributed by atoms with Crippen LogP contribution in [0.25, 0.3) is 0 Å². The molecule has 0 radical (unpaired) electrons.